The Bertz CT molecular complexity index is 2190. The Balaban J connectivity index is 0.000000224. The number of carbonyl (C=O) groups excluding carboxylic acids is 2. The van der Waals surface area contributed by atoms with Crippen molar-refractivity contribution in [3.63, 3.8) is 0 Å². The Hall–Kier alpha value is -5.78. The van der Waals surface area contributed by atoms with E-state index < -0.39 is 40.7 Å². The number of nitrogen functional groups attached to an aromatic ring is 1. The maximum absolute atomic E-state index is 12.5. The van der Waals surface area contributed by atoms with Crippen molar-refractivity contribution in [2.45, 2.75) is 12.7 Å². The maximum atomic E-state index is 12.5. The molecule has 52 heavy (non-hydrogen) atoms. The van der Waals surface area contributed by atoms with Gasteiger partial charge in [0.05, 0.1) is 23.0 Å². The number of alkyl halides is 3. The van der Waals surface area contributed by atoms with E-state index in [0.717, 1.165) is 12.3 Å². The minimum Gasteiger partial charge on any atom is -0.475 e. The summed E-state index contributed by atoms with van der Waals surface area (Å²) >= 11 is 12.3. The Morgan fingerprint density at radius 1 is 0.923 bits per heavy atom. The zero-order valence-electron chi connectivity index (χ0n) is 27.4. The van der Waals surface area contributed by atoms with E-state index in [0.29, 0.717) is 44.3 Å². The molecule has 0 unspecified atom stereocenters. The van der Waals surface area contributed by atoms with Crippen molar-refractivity contribution in [1.82, 2.24) is 29.4 Å². The summed E-state index contributed by atoms with van der Waals surface area (Å²) in [5.41, 5.74) is 2.98. The molecule has 0 bridgehead atoms. The summed E-state index contributed by atoms with van der Waals surface area (Å²) < 4.78 is 38.4. The third-order valence-corrected chi connectivity index (χ3v) is 7.55. The summed E-state index contributed by atoms with van der Waals surface area (Å²) in [7, 11) is 3.82. The van der Waals surface area contributed by atoms with Crippen molar-refractivity contribution >= 4 is 51.9 Å². The number of carbonyl (C=O) groups is 3. The van der Waals surface area contributed by atoms with Crippen molar-refractivity contribution in [3.05, 3.63) is 138 Å². The van der Waals surface area contributed by atoms with Crippen LogP contribution >= 0.6 is 23.2 Å². The molecule has 2 aromatic carbocycles. The van der Waals surface area contributed by atoms with Crippen LogP contribution in [0, 0.1) is 0 Å². The van der Waals surface area contributed by atoms with Crippen molar-refractivity contribution in [2.75, 3.05) is 33.0 Å². The van der Waals surface area contributed by atoms with E-state index in [1.54, 1.807) is 54.7 Å². The van der Waals surface area contributed by atoms with Gasteiger partial charge >= 0.3 is 12.1 Å². The standard InChI is InChI=1S/C17H19Cl2N3O2.C9H7N3O3.C7H5F3N2O/c1-21(2)10-8-20-16(23)12-5-4-9-22(17(12)24)11-13-14(18)6-3-7-15(13)19;10-12-7(9(14)15)11-6-4-2-1-3-5(6)8(12)13;8-7(9,10)5-4(6(11)13)2-1-3-12-5/h3-7,9H,8,10-11H2,1-2H3,(H,20,23);1-4H,10H2,(H,14,15);1-3H,(H2,11,13). The summed E-state index contributed by atoms with van der Waals surface area (Å²) in [4.78, 5) is 66.4. The monoisotopic (exact) mass is 762 g/mol. The molecule has 0 radical (unpaired) electrons. The number of aromatic nitrogens is 4. The first-order chi connectivity index (χ1) is 24.4. The number of fused-ring (bicyclic) bond motifs is 1. The number of benzene rings is 2. The zero-order chi connectivity index (χ0) is 38.7. The normalized spacial score (nSPS) is 10.8. The number of carboxylic acid groups (broad SMARTS) is 1. The highest BCUT2D eigenvalue weighted by Gasteiger charge is 2.36. The average molecular weight is 764 g/mol. The zero-order valence-corrected chi connectivity index (χ0v) is 28.9. The van der Waals surface area contributed by atoms with Gasteiger partial charge in [-0.1, -0.05) is 41.4 Å². The van der Waals surface area contributed by atoms with Gasteiger partial charge in [0.2, 0.25) is 5.82 Å². The Labute approximate surface area is 303 Å². The maximum Gasteiger partial charge on any atom is 0.434 e. The molecule has 0 aliphatic rings. The molecule has 14 nitrogen and oxygen atoms in total. The molecule has 3 aromatic heterocycles. The van der Waals surface area contributed by atoms with Gasteiger partial charge in [0.1, 0.15) is 5.56 Å². The lowest BCUT2D eigenvalue weighted by atomic mass is 10.2. The summed E-state index contributed by atoms with van der Waals surface area (Å²) in [6, 6.07) is 17.0. The van der Waals surface area contributed by atoms with Crippen LogP contribution in [0.2, 0.25) is 10.0 Å². The number of rotatable bonds is 8. The van der Waals surface area contributed by atoms with Crippen molar-refractivity contribution in [1.29, 1.82) is 0 Å². The number of nitrogens with two attached hydrogens (primary N) is 2. The van der Waals surface area contributed by atoms with Crippen LogP contribution in [0.3, 0.4) is 0 Å². The first kappa shape index (κ1) is 40.6. The number of pyridine rings is 2. The number of hydrogen-bond acceptors (Lipinski definition) is 9. The number of para-hydroxylation sites is 1. The third kappa shape index (κ3) is 10.6. The number of primary amides is 1. The summed E-state index contributed by atoms with van der Waals surface area (Å²) in [6.07, 6.45) is -2.08. The molecule has 0 spiro atoms. The lowest BCUT2D eigenvalue weighted by Gasteiger charge is -2.12. The molecule has 5 aromatic rings. The molecule has 5 rings (SSSR count). The Kier molecular flexibility index (Phi) is 14.0. The molecular weight excluding hydrogens is 732 g/mol. The van der Waals surface area contributed by atoms with E-state index in [-0.39, 0.29) is 23.6 Å². The van der Waals surface area contributed by atoms with Gasteiger partial charge in [-0.25, -0.2) is 14.5 Å². The molecule has 0 saturated carbocycles. The van der Waals surface area contributed by atoms with Crippen LogP contribution in [-0.4, -0.2) is 74.2 Å². The molecule has 0 saturated heterocycles. The molecule has 274 valence electrons. The Morgan fingerprint density at radius 2 is 1.56 bits per heavy atom. The average Bonchev–Trinajstić information content (AvgIpc) is 3.08. The molecule has 2 amide bonds. The summed E-state index contributed by atoms with van der Waals surface area (Å²) in [5.74, 6) is 1.98. The van der Waals surface area contributed by atoms with Crippen LogP contribution in [0.15, 0.2) is 88.7 Å². The smallest absolute Gasteiger partial charge is 0.434 e. The van der Waals surface area contributed by atoms with Gasteiger partial charge in [-0.05, 0) is 62.6 Å². The third-order valence-electron chi connectivity index (χ3n) is 6.84. The van der Waals surface area contributed by atoms with Crippen LogP contribution in [0.5, 0.6) is 0 Å². The van der Waals surface area contributed by atoms with Gasteiger partial charge < -0.3 is 31.5 Å². The first-order valence-electron chi connectivity index (χ1n) is 14.8. The SMILES string of the molecule is CN(C)CCNC(=O)c1cccn(Cc2c(Cl)cccc2Cl)c1=O.NC(=O)c1cccnc1C(F)(F)F.Nn1c(C(=O)O)nc2ccccc2c1=O. The minimum atomic E-state index is -4.65. The quantitative estimate of drug-likeness (QED) is 0.169. The van der Waals surface area contributed by atoms with E-state index in [1.165, 1.54) is 16.7 Å². The number of likely N-dealkylation sites (N-methyl/N-ethyl adjacent to an activating group) is 1. The number of halogens is 5. The number of nitrogens with zero attached hydrogens (tertiary/aromatic N) is 5. The largest absolute Gasteiger partial charge is 0.475 e. The fraction of sp³-hybridized carbons (Fsp3) is 0.182. The van der Waals surface area contributed by atoms with E-state index in [1.807, 2.05) is 19.0 Å². The summed E-state index contributed by atoms with van der Waals surface area (Å²) in [6.45, 7) is 1.37. The van der Waals surface area contributed by atoms with Crippen molar-refractivity contribution in [3.8, 4) is 0 Å². The van der Waals surface area contributed by atoms with Crippen LogP contribution < -0.4 is 28.0 Å². The lowest BCUT2D eigenvalue weighted by Crippen LogP contribution is -2.36. The molecule has 0 aliphatic carbocycles. The van der Waals surface area contributed by atoms with Crippen LogP contribution in [-0.2, 0) is 12.7 Å². The second-order valence-corrected chi connectivity index (χ2v) is 11.6. The molecule has 6 N–H and O–H groups in total. The number of hydrogen-bond donors (Lipinski definition) is 4. The second kappa shape index (κ2) is 17.9. The minimum absolute atomic E-state index is 0.0967. The van der Waals surface area contributed by atoms with Crippen LogP contribution in [0.4, 0.5) is 13.2 Å². The molecular formula is C33H31Cl2F3N8O6. The first-order valence-corrected chi connectivity index (χ1v) is 15.6. The van der Waals surface area contributed by atoms with Gasteiger partial charge in [0.25, 0.3) is 22.9 Å². The number of nitrogens with one attached hydrogen (secondary N) is 1. The van der Waals surface area contributed by atoms with E-state index in [4.69, 9.17) is 39.9 Å². The predicted molar refractivity (Wildman–Crippen MR) is 188 cm³/mol. The molecule has 0 aliphatic heterocycles. The number of aromatic carboxylic acids is 1. The van der Waals surface area contributed by atoms with E-state index in [2.05, 4.69) is 15.3 Å². The van der Waals surface area contributed by atoms with E-state index >= 15 is 0 Å². The molecule has 0 atom stereocenters. The van der Waals surface area contributed by atoms with Gasteiger partial charge in [-0.2, -0.15) is 13.2 Å². The highest BCUT2D eigenvalue weighted by molar-refractivity contribution is 6.36. The Morgan fingerprint density at radius 3 is 2.13 bits per heavy atom. The predicted octanol–water partition coefficient (Wildman–Crippen LogP) is 3.50. The fourth-order valence-electron chi connectivity index (χ4n) is 4.30. The molecule has 3 heterocycles. The van der Waals surface area contributed by atoms with Gasteiger partial charge in [0.15, 0.2) is 5.69 Å². The van der Waals surface area contributed by atoms with Crippen molar-refractivity contribution < 1.29 is 32.7 Å². The summed E-state index contributed by atoms with van der Waals surface area (Å²) in [5, 5.41) is 12.7. The van der Waals surface area contributed by atoms with Crippen LogP contribution in [0.25, 0.3) is 10.9 Å². The van der Waals surface area contributed by atoms with Crippen molar-refractivity contribution in [2.24, 2.45) is 5.73 Å². The van der Waals surface area contributed by atoms with Gasteiger partial charge in [0, 0.05) is 41.1 Å². The highest BCUT2D eigenvalue weighted by Crippen LogP contribution is 2.29. The second-order valence-electron chi connectivity index (χ2n) is 10.8. The van der Waals surface area contributed by atoms with Gasteiger partial charge in [-0.15, -0.1) is 0 Å². The number of amides is 2. The fourth-order valence-corrected chi connectivity index (χ4v) is 4.82. The highest BCUT2D eigenvalue weighted by atomic mass is 35.5. The number of carboxylic acids is 1. The lowest BCUT2D eigenvalue weighted by molar-refractivity contribution is -0.141. The van der Waals surface area contributed by atoms with E-state index in [9.17, 15) is 37.1 Å². The topological polar surface area (TPSA) is 209 Å². The molecule has 19 heteroatoms. The van der Waals surface area contributed by atoms with Crippen LogP contribution in [0.1, 0.15) is 42.6 Å². The molecule has 0 fully saturated rings. The van der Waals surface area contributed by atoms with Gasteiger partial charge in [-0.3, -0.25) is 24.2 Å².